The lowest BCUT2D eigenvalue weighted by molar-refractivity contribution is 0.293. The van der Waals surface area contributed by atoms with E-state index in [9.17, 15) is 8.42 Å². The van der Waals surface area contributed by atoms with Gasteiger partial charge in [-0.05, 0) is 26.7 Å². The number of hydrogen-bond acceptors (Lipinski definition) is 4. The van der Waals surface area contributed by atoms with E-state index >= 15 is 0 Å². The van der Waals surface area contributed by atoms with Crippen molar-refractivity contribution in [1.29, 1.82) is 0 Å². The van der Waals surface area contributed by atoms with Gasteiger partial charge in [0.1, 0.15) is 0 Å². The molecule has 1 saturated carbocycles. The molecule has 148 valence electrons. The van der Waals surface area contributed by atoms with Crippen LogP contribution < -0.4 is 10.0 Å². The van der Waals surface area contributed by atoms with Crippen LogP contribution in [-0.4, -0.2) is 68.3 Å². The minimum atomic E-state index is -3.23. The molecule has 0 radical (unpaired) electrons. The van der Waals surface area contributed by atoms with Crippen molar-refractivity contribution < 1.29 is 8.42 Å². The van der Waals surface area contributed by atoms with E-state index in [0.717, 1.165) is 24.8 Å². The third kappa shape index (κ3) is 7.42. The first-order valence-corrected chi connectivity index (χ1v) is 11.6. The molecule has 1 spiro atoms. The van der Waals surface area contributed by atoms with Gasteiger partial charge in [-0.1, -0.05) is 19.3 Å². The van der Waals surface area contributed by atoms with Crippen molar-refractivity contribution in [3.8, 4) is 0 Å². The van der Waals surface area contributed by atoms with E-state index in [1.165, 1.54) is 32.1 Å². The van der Waals surface area contributed by atoms with Gasteiger partial charge in [0, 0.05) is 43.2 Å². The van der Waals surface area contributed by atoms with Crippen LogP contribution in [0.2, 0.25) is 0 Å². The Labute approximate surface area is 174 Å². The largest absolute Gasteiger partial charge is 0.355 e. The highest BCUT2D eigenvalue weighted by Gasteiger charge is 2.38. The van der Waals surface area contributed by atoms with Crippen LogP contribution in [0.5, 0.6) is 0 Å². The van der Waals surface area contributed by atoms with Crippen molar-refractivity contribution in [1.82, 2.24) is 14.9 Å². The number of thioether (sulfide) groups is 1. The fourth-order valence-electron chi connectivity index (χ4n) is 3.57. The summed E-state index contributed by atoms with van der Waals surface area (Å²) < 4.78 is 26.8. The van der Waals surface area contributed by atoms with Crippen LogP contribution in [0.4, 0.5) is 0 Å². The number of guanidine groups is 1. The zero-order valence-electron chi connectivity index (χ0n) is 15.6. The van der Waals surface area contributed by atoms with E-state index < -0.39 is 10.0 Å². The predicted molar refractivity (Wildman–Crippen MR) is 119 cm³/mol. The average Bonchev–Trinajstić information content (AvgIpc) is 2.51. The minimum absolute atomic E-state index is 0. The third-order valence-corrected chi connectivity index (χ3v) is 7.70. The molecule has 0 aromatic rings. The van der Waals surface area contributed by atoms with Crippen LogP contribution >= 0.6 is 35.7 Å². The summed E-state index contributed by atoms with van der Waals surface area (Å²) in [5.74, 6) is 2.02. The van der Waals surface area contributed by atoms with Gasteiger partial charge >= 0.3 is 0 Å². The molecule has 1 aliphatic carbocycles. The summed E-state index contributed by atoms with van der Waals surface area (Å²) in [6.07, 6.45) is 6.59. The van der Waals surface area contributed by atoms with Crippen molar-refractivity contribution in [3.05, 3.63) is 0 Å². The van der Waals surface area contributed by atoms with Gasteiger partial charge in [-0.15, -0.1) is 24.0 Å². The van der Waals surface area contributed by atoms with Crippen LogP contribution in [0.25, 0.3) is 0 Å². The summed E-state index contributed by atoms with van der Waals surface area (Å²) >= 11 is 2.12. The van der Waals surface area contributed by atoms with E-state index in [1.54, 1.807) is 7.05 Å². The number of nitrogens with one attached hydrogen (secondary N) is 2. The van der Waals surface area contributed by atoms with Crippen LogP contribution in [0.15, 0.2) is 4.99 Å². The van der Waals surface area contributed by atoms with Gasteiger partial charge in [0.15, 0.2) is 5.96 Å². The fourth-order valence-corrected chi connectivity index (χ4v) is 6.35. The molecule has 6 nitrogen and oxygen atoms in total. The topological polar surface area (TPSA) is 73.8 Å². The number of sulfonamides is 1. The lowest BCUT2D eigenvalue weighted by Crippen LogP contribution is -2.54. The number of nitrogens with zero attached hydrogens (tertiary/aromatic N) is 2. The number of aliphatic imine (C=N–C) groups is 1. The molecule has 0 aromatic carbocycles. The van der Waals surface area contributed by atoms with Gasteiger partial charge in [-0.3, -0.25) is 4.99 Å². The molecule has 1 aliphatic heterocycles. The Morgan fingerprint density at radius 3 is 2.56 bits per heavy atom. The highest BCUT2D eigenvalue weighted by Crippen LogP contribution is 2.42. The lowest BCUT2D eigenvalue weighted by atomic mass is 9.87. The molecule has 0 bridgehead atoms. The first-order chi connectivity index (χ1) is 11.4. The second-order valence-corrected chi connectivity index (χ2v) is 10.5. The van der Waals surface area contributed by atoms with Crippen LogP contribution in [-0.2, 0) is 10.0 Å². The molecule has 2 fully saturated rings. The molecule has 0 unspecified atom stereocenters. The van der Waals surface area contributed by atoms with Crippen molar-refractivity contribution in [3.63, 3.8) is 0 Å². The Hall–Kier alpha value is 0.260. The molecule has 2 aliphatic rings. The highest BCUT2D eigenvalue weighted by atomic mass is 127. The van der Waals surface area contributed by atoms with Gasteiger partial charge in [0.2, 0.25) is 10.0 Å². The summed E-state index contributed by atoms with van der Waals surface area (Å²) in [5.41, 5.74) is 0. The van der Waals surface area contributed by atoms with Gasteiger partial charge in [0.25, 0.3) is 0 Å². The normalized spacial score (nSPS) is 21.3. The number of hydrogen-bond donors (Lipinski definition) is 2. The minimum Gasteiger partial charge on any atom is -0.355 e. The van der Waals surface area contributed by atoms with Gasteiger partial charge in [-0.25, -0.2) is 13.1 Å². The summed E-state index contributed by atoms with van der Waals surface area (Å²) in [7, 11) is -1.46. The summed E-state index contributed by atoms with van der Waals surface area (Å²) in [6, 6.07) is -0.0698. The second-order valence-electron chi connectivity index (χ2n) is 7.08. The fraction of sp³-hybridized carbons (Fsp3) is 0.938. The summed E-state index contributed by atoms with van der Waals surface area (Å²) in [5, 5.41) is 3.24. The monoisotopic (exact) mass is 504 g/mol. The Kier molecular flexibility index (Phi) is 9.84. The molecule has 9 heteroatoms. The van der Waals surface area contributed by atoms with Crippen molar-refractivity contribution in [2.75, 3.05) is 38.2 Å². The zero-order chi connectivity index (χ0) is 17.6. The molecular formula is C16H33IN4O2S2. The molecule has 1 heterocycles. The average molecular weight is 505 g/mol. The van der Waals surface area contributed by atoms with Gasteiger partial charge < -0.3 is 10.2 Å². The van der Waals surface area contributed by atoms with Crippen LogP contribution in [0.1, 0.15) is 46.0 Å². The zero-order valence-corrected chi connectivity index (χ0v) is 19.5. The SMILES string of the molecule is CN=C(NCCS(=O)(=O)NC(C)C)N1CCSC2(CCCCC2)C1.I. The predicted octanol–water partition coefficient (Wildman–Crippen LogP) is 2.26. The standard InChI is InChI=1S/C16H32N4O2S2.HI/c1-14(2)19-24(21,22)12-9-18-15(17-3)20-10-11-23-16(13-20)7-5-4-6-8-16;/h14,19H,4-13H2,1-3H3,(H,17,18);1H. The molecule has 2 N–H and O–H groups in total. The van der Waals surface area contributed by atoms with Gasteiger partial charge in [-0.2, -0.15) is 11.8 Å². The maximum atomic E-state index is 11.9. The molecule has 2 rings (SSSR count). The van der Waals surface area contributed by atoms with E-state index in [-0.39, 0.29) is 35.8 Å². The molecule has 0 amide bonds. The van der Waals surface area contributed by atoms with Gasteiger partial charge in [0.05, 0.1) is 5.75 Å². The molecular weight excluding hydrogens is 471 g/mol. The summed E-state index contributed by atoms with van der Waals surface area (Å²) in [6.45, 7) is 6.04. The molecule has 0 atom stereocenters. The van der Waals surface area contributed by atoms with E-state index in [4.69, 9.17) is 0 Å². The van der Waals surface area contributed by atoms with Crippen molar-refractivity contribution >= 4 is 51.7 Å². The quantitative estimate of drug-likeness (QED) is 0.342. The Morgan fingerprint density at radius 1 is 1.28 bits per heavy atom. The Morgan fingerprint density at radius 2 is 1.96 bits per heavy atom. The second kappa shape index (κ2) is 10.6. The van der Waals surface area contributed by atoms with E-state index in [1.807, 2.05) is 13.8 Å². The van der Waals surface area contributed by atoms with Crippen LogP contribution in [0.3, 0.4) is 0 Å². The maximum absolute atomic E-state index is 11.9. The summed E-state index contributed by atoms with van der Waals surface area (Å²) in [4.78, 5) is 6.69. The molecule has 1 saturated heterocycles. The van der Waals surface area contributed by atoms with Crippen molar-refractivity contribution in [2.45, 2.75) is 56.7 Å². The Balaban J connectivity index is 0.00000312. The third-order valence-electron chi connectivity index (χ3n) is 4.59. The van der Waals surface area contributed by atoms with E-state index in [0.29, 0.717) is 11.3 Å². The van der Waals surface area contributed by atoms with Crippen LogP contribution in [0, 0.1) is 0 Å². The van der Waals surface area contributed by atoms with E-state index in [2.05, 4.69) is 31.7 Å². The molecule has 0 aromatic heterocycles. The first kappa shape index (κ1) is 23.3. The lowest BCUT2D eigenvalue weighted by Gasteiger charge is -2.45. The molecule has 25 heavy (non-hydrogen) atoms. The maximum Gasteiger partial charge on any atom is 0.213 e. The number of halogens is 1. The first-order valence-electron chi connectivity index (χ1n) is 8.95. The Bertz CT molecular complexity index is 529. The number of rotatable bonds is 5. The van der Waals surface area contributed by atoms with Crippen molar-refractivity contribution in [2.24, 2.45) is 4.99 Å². The smallest absolute Gasteiger partial charge is 0.213 e. The highest BCUT2D eigenvalue weighted by molar-refractivity contribution is 14.0.